The van der Waals surface area contributed by atoms with Crippen LogP contribution in [0.15, 0.2) is 30.4 Å². The average Bonchev–Trinajstić information content (AvgIpc) is 2.82. The van der Waals surface area contributed by atoms with E-state index < -0.39 is 0 Å². The molecule has 7 heteroatoms. The molecule has 3 aliphatic rings. The van der Waals surface area contributed by atoms with Crippen molar-refractivity contribution in [1.29, 1.82) is 0 Å². The Balaban J connectivity index is 1.34. The summed E-state index contributed by atoms with van der Waals surface area (Å²) >= 11 is 0. The van der Waals surface area contributed by atoms with Gasteiger partial charge in [0.15, 0.2) is 11.5 Å². The molecule has 0 unspecified atom stereocenters. The van der Waals surface area contributed by atoms with Crippen molar-refractivity contribution in [2.24, 2.45) is 11.8 Å². The van der Waals surface area contributed by atoms with Gasteiger partial charge >= 0.3 is 0 Å². The number of fused-ring (bicyclic) bond motifs is 2. The molecule has 4 rings (SSSR count). The number of anilines is 1. The van der Waals surface area contributed by atoms with E-state index in [9.17, 15) is 14.4 Å². The quantitative estimate of drug-likeness (QED) is 0.648. The molecule has 3 amide bonds. The van der Waals surface area contributed by atoms with E-state index in [0.717, 1.165) is 6.42 Å². The summed E-state index contributed by atoms with van der Waals surface area (Å²) in [5.74, 6) is 0.190. The number of imide groups is 1. The maximum atomic E-state index is 12.4. The minimum Gasteiger partial charge on any atom is -0.490 e. The first kappa shape index (κ1) is 17.6. The summed E-state index contributed by atoms with van der Waals surface area (Å²) < 4.78 is 11.2. The van der Waals surface area contributed by atoms with Gasteiger partial charge in [-0.3, -0.25) is 19.3 Å². The van der Waals surface area contributed by atoms with Crippen molar-refractivity contribution in [2.45, 2.75) is 25.7 Å². The van der Waals surface area contributed by atoms with Crippen LogP contribution < -0.4 is 14.8 Å². The van der Waals surface area contributed by atoms with Gasteiger partial charge in [-0.15, -0.1) is 0 Å². The lowest BCUT2D eigenvalue weighted by atomic mass is 9.85. The largest absolute Gasteiger partial charge is 0.490 e. The Kier molecular flexibility index (Phi) is 4.83. The van der Waals surface area contributed by atoms with Gasteiger partial charge < -0.3 is 14.8 Å². The van der Waals surface area contributed by atoms with E-state index in [1.54, 1.807) is 18.2 Å². The maximum Gasteiger partial charge on any atom is 0.233 e. The van der Waals surface area contributed by atoms with Crippen LogP contribution in [0.1, 0.15) is 25.7 Å². The summed E-state index contributed by atoms with van der Waals surface area (Å²) in [6, 6.07) is 5.24. The third-order valence-corrected chi connectivity index (χ3v) is 5.19. The maximum absolute atomic E-state index is 12.4. The van der Waals surface area contributed by atoms with Gasteiger partial charge in [0.25, 0.3) is 0 Å². The Morgan fingerprint density at radius 1 is 1.04 bits per heavy atom. The van der Waals surface area contributed by atoms with Crippen molar-refractivity contribution in [1.82, 2.24) is 4.90 Å². The summed E-state index contributed by atoms with van der Waals surface area (Å²) in [5, 5.41) is 2.79. The number of amides is 3. The van der Waals surface area contributed by atoms with Gasteiger partial charge in [-0.25, -0.2) is 0 Å². The lowest BCUT2D eigenvalue weighted by Crippen LogP contribution is -2.34. The number of ether oxygens (including phenoxy) is 2. The van der Waals surface area contributed by atoms with Gasteiger partial charge in [-0.05, 0) is 25.0 Å². The fourth-order valence-electron chi connectivity index (χ4n) is 3.77. The molecule has 0 spiro atoms. The molecular formula is C20H22N2O5. The standard InChI is InChI=1S/C20H22N2O5/c23-18(21-13-6-7-16-17(12-13)27-11-3-10-26-16)8-9-22-19(24)14-4-1-2-5-15(14)20(22)25/h1-2,6-7,12,14-15H,3-5,8-11H2,(H,21,23)/t14-,15-/m1/s1. The molecule has 1 aromatic carbocycles. The number of nitrogens with one attached hydrogen (secondary N) is 1. The van der Waals surface area contributed by atoms with Crippen LogP contribution in [-0.2, 0) is 14.4 Å². The van der Waals surface area contributed by atoms with Crippen molar-refractivity contribution >= 4 is 23.4 Å². The molecule has 1 aromatic rings. The first-order chi connectivity index (χ1) is 13.1. The number of hydrogen-bond acceptors (Lipinski definition) is 5. The number of nitrogens with zero attached hydrogens (tertiary/aromatic N) is 1. The van der Waals surface area contributed by atoms with Crippen LogP contribution in [0.4, 0.5) is 5.69 Å². The van der Waals surface area contributed by atoms with Crippen LogP contribution >= 0.6 is 0 Å². The molecule has 0 bridgehead atoms. The van der Waals surface area contributed by atoms with Crippen molar-refractivity contribution in [3.05, 3.63) is 30.4 Å². The number of likely N-dealkylation sites (tertiary alicyclic amines) is 1. The molecule has 0 aromatic heterocycles. The smallest absolute Gasteiger partial charge is 0.233 e. The minimum absolute atomic E-state index is 0.0682. The third kappa shape index (κ3) is 3.54. The molecule has 0 saturated carbocycles. The fraction of sp³-hybridized carbons (Fsp3) is 0.450. The number of hydrogen-bond donors (Lipinski definition) is 1. The molecule has 27 heavy (non-hydrogen) atoms. The second-order valence-corrected chi connectivity index (χ2v) is 6.99. The Labute approximate surface area is 157 Å². The van der Waals surface area contributed by atoms with Crippen LogP contribution in [-0.4, -0.2) is 42.4 Å². The second kappa shape index (κ2) is 7.42. The summed E-state index contributed by atoms with van der Waals surface area (Å²) in [6.45, 7) is 1.29. The second-order valence-electron chi connectivity index (χ2n) is 6.99. The molecule has 142 valence electrons. The normalized spacial score (nSPS) is 23.8. The molecule has 7 nitrogen and oxygen atoms in total. The van der Waals surface area contributed by atoms with E-state index in [-0.39, 0.29) is 42.5 Å². The summed E-state index contributed by atoms with van der Waals surface area (Å²) in [6.07, 6.45) is 5.99. The first-order valence-electron chi connectivity index (χ1n) is 9.33. The Morgan fingerprint density at radius 2 is 1.70 bits per heavy atom. The van der Waals surface area contributed by atoms with Crippen molar-refractivity contribution in [3.8, 4) is 11.5 Å². The van der Waals surface area contributed by atoms with Crippen LogP contribution in [0.25, 0.3) is 0 Å². The highest BCUT2D eigenvalue weighted by molar-refractivity contribution is 6.05. The van der Waals surface area contributed by atoms with Gasteiger partial charge in [0.1, 0.15) is 0 Å². The predicted molar refractivity (Wildman–Crippen MR) is 97.4 cm³/mol. The SMILES string of the molecule is O=C(CCN1C(=O)[C@@H]2CC=CC[C@H]2C1=O)Nc1ccc2c(c1)OCCCO2. The molecule has 1 saturated heterocycles. The van der Waals surface area contributed by atoms with Crippen LogP contribution in [0.5, 0.6) is 11.5 Å². The van der Waals surface area contributed by atoms with Gasteiger partial charge in [-0.2, -0.15) is 0 Å². The predicted octanol–water partition coefficient (Wildman–Crippen LogP) is 2.13. The lowest BCUT2D eigenvalue weighted by Gasteiger charge is -2.15. The zero-order valence-electron chi connectivity index (χ0n) is 15.0. The third-order valence-electron chi connectivity index (χ3n) is 5.19. The molecule has 0 radical (unpaired) electrons. The molecule has 1 fully saturated rings. The van der Waals surface area contributed by atoms with E-state index >= 15 is 0 Å². The summed E-state index contributed by atoms with van der Waals surface area (Å²) in [4.78, 5) is 38.4. The highest BCUT2D eigenvalue weighted by Crippen LogP contribution is 2.35. The highest BCUT2D eigenvalue weighted by Gasteiger charge is 2.46. The Morgan fingerprint density at radius 3 is 2.41 bits per heavy atom. The molecular weight excluding hydrogens is 348 g/mol. The van der Waals surface area contributed by atoms with Gasteiger partial charge in [0, 0.05) is 31.1 Å². The van der Waals surface area contributed by atoms with E-state index in [1.165, 1.54) is 4.90 Å². The highest BCUT2D eigenvalue weighted by atomic mass is 16.5. The monoisotopic (exact) mass is 370 g/mol. The topological polar surface area (TPSA) is 84.9 Å². The molecule has 1 aliphatic carbocycles. The van der Waals surface area contributed by atoms with E-state index in [0.29, 0.717) is 43.2 Å². The van der Waals surface area contributed by atoms with Gasteiger partial charge in [0.2, 0.25) is 17.7 Å². The number of allylic oxidation sites excluding steroid dienone is 2. The number of carbonyl (C=O) groups excluding carboxylic acids is 3. The van der Waals surface area contributed by atoms with Crippen LogP contribution in [0.2, 0.25) is 0 Å². The van der Waals surface area contributed by atoms with E-state index in [2.05, 4.69) is 5.32 Å². The molecule has 2 atom stereocenters. The molecule has 1 N–H and O–H groups in total. The summed E-state index contributed by atoms with van der Waals surface area (Å²) in [5.41, 5.74) is 0.598. The van der Waals surface area contributed by atoms with Gasteiger partial charge in [0.05, 0.1) is 25.0 Å². The van der Waals surface area contributed by atoms with Crippen molar-refractivity contribution in [3.63, 3.8) is 0 Å². The first-order valence-corrected chi connectivity index (χ1v) is 9.33. The number of rotatable bonds is 4. The van der Waals surface area contributed by atoms with Crippen molar-refractivity contribution in [2.75, 3.05) is 25.1 Å². The Bertz CT molecular complexity index is 778. The Hall–Kier alpha value is -2.83. The lowest BCUT2D eigenvalue weighted by molar-refractivity contribution is -0.140. The molecule has 2 heterocycles. The van der Waals surface area contributed by atoms with Gasteiger partial charge in [-0.1, -0.05) is 12.2 Å². The number of carbonyl (C=O) groups is 3. The van der Waals surface area contributed by atoms with E-state index in [1.807, 2.05) is 12.2 Å². The molecule has 2 aliphatic heterocycles. The van der Waals surface area contributed by atoms with Crippen LogP contribution in [0.3, 0.4) is 0 Å². The van der Waals surface area contributed by atoms with E-state index in [4.69, 9.17) is 9.47 Å². The van der Waals surface area contributed by atoms with Crippen LogP contribution in [0, 0.1) is 11.8 Å². The zero-order chi connectivity index (χ0) is 18.8. The number of benzene rings is 1. The summed E-state index contributed by atoms with van der Waals surface area (Å²) in [7, 11) is 0. The fourth-order valence-corrected chi connectivity index (χ4v) is 3.77. The average molecular weight is 370 g/mol. The minimum atomic E-state index is -0.257. The zero-order valence-corrected chi connectivity index (χ0v) is 15.0. The van der Waals surface area contributed by atoms with Crippen molar-refractivity contribution < 1.29 is 23.9 Å².